The van der Waals surface area contributed by atoms with E-state index in [1.807, 2.05) is 0 Å². The highest BCUT2D eigenvalue weighted by molar-refractivity contribution is 7.89. The maximum atomic E-state index is 13.1. The Kier molecular flexibility index (Phi) is 4.19. The summed E-state index contributed by atoms with van der Waals surface area (Å²) in [6.07, 6.45) is 0.299. The molecular formula is C9H12FNO3S. The van der Waals surface area contributed by atoms with Crippen molar-refractivity contribution in [3.63, 3.8) is 0 Å². The second-order valence-corrected chi connectivity index (χ2v) is 4.64. The smallest absolute Gasteiger partial charge is 0.243 e. The maximum Gasteiger partial charge on any atom is 0.243 e. The topological polar surface area (TPSA) is 66.4 Å². The standard InChI is InChI=1S/C9H12FNO3S/c10-8-4-1-2-5-9(8)15(13,14)11-6-3-7-12/h1-2,4-5,11-12H,3,6-7H2. The molecule has 1 aromatic rings. The van der Waals surface area contributed by atoms with Gasteiger partial charge in [0.05, 0.1) is 0 Å². The van der Waals surface area contributed by atoms with Crippen LogP contribution in [0.4, 0.5) is 4.39 Å². The van der Waals surface area contributed by atoms with E-state index in [0.29, 0.717) is 6.42 Å². The molecule has 6 heteroatoms. The lowest BCUT2D eigenvalue weighted by Gasteiger charge is -2.06. The summed E-state index contributed by atoms with van der Waals surface area (Å²) in [6.45, 7) is -0.0209. The Balaban J connectivity index is 2.83. The molecule has 0 amide bonds. The van der Waals surface area contributed by atoms with Crippen molar-refractivity contribution in [2.45, 2.75) is 11.3 Å². The fraction of sp³-hybridized carbons (Fsp3) is 0.333. The molecule has 4 nitrogen and oxygen atoms in total. The zero-order chi connectivity index (χ0) is 11.3. The number of benzene rings is 1. The summed E-state index contributed by atoms with van der Waals surface area (Å²) in [5.74, 6) is -0.783. The molecule has 2 N–H and O–H groups in total. The van der Waals surface area contributed by atoms with Crippen LogP contribution in [0.3, 0.4) is 0 Å². The fourth-order valence-corrected chi connectivity index (χ4v) is 2.18. The van der Waals surface area contributed by atoms with Gasteiger partial charge in [0, 0.05) is 13.2 Å². The van der Waals surface area contributed by atoms with Crippen LogP contribution in [-0.4, -0.2) is 26.7 Å². The molecule has 0 atom stereocenters. The van der Waals surface area contributed by atoms with Crippen LogP contribution >= 0.6 is 0 Å². The van der Waals surface area contributed by atoms with Crippen LogP contribution in [0.1, 0.15) is 6.42 Å². The maximum absolute atomic E-state index is 13.1. The zero-order valence-electron chi connectivity index (χ0n) is 7.98. The Bertz CT molecular complexity index is 419. The van der Waals surface area contributed by atoms with E-state index in [2.05, 4.69) is 4.72 Å². The third kappa shape index (κ3) is 3.26. The lowest BCUT2D eigenvalue weighted by molar-refractivity contribution is 0.289. The van der Waals surface area contributed by atoms with Gasteiger partial charge in [0.25, 0.3) is 0 Å². The van der Waals surface area contributed by atoms with Crippen LogP contribution in [0.2, 0.25) is 0 Å². The van der Waals surface area contributed by atoms with E-state index in [1.54, 1.807) is 0 Å². The second kappa shape index (κ2) is 5.20. The van der Waals surface area contributed by atoms with Crippen molar-refractivity contribution in [2.24, 2.45) is 0 Å². The highest BCUT2D eigenvalue weighted by Crippen LogP contribution is 2.12. The van der Waals surface area contributed by atoms with Gasteiger partial charge in [-0.05, 0) is 18.6 Å². The Hall–Kier alpha value is -0.980. The average molecular weight is 233 g/mol. The Labute approximate surface area is 87.8 Å². The van der Waals surface area contributed by atoms with Crippen molar-refractivity contribution in [3.05, 3.63) is 30.1 Å². The summed E-state index contributed by atoms with van der Waals surface area (Å²) in [5.41, 5.74) is 0. The van der Waals surface area contributed by atoms with Gasteiger partial charge in [-0.25, -0.2) is 17.5 Å². The van der Waals surface area contributed by atoms with E-state index < -0.39 is 15.8 Å². The van der Waals surface area contributed by atoms with E-state index in [9.17, 15) is 12.8 Å². The predicted molar refractivity (Wildman–Crippen MR) is 53.3 cm³/mol. The van der Waals surface area contributed by atoms with E-state index in [-0.39, 0.29) is 18.0 Å². The summed E-state index contributed by atoms with van der Waals surface area (Å²) < 4.78 is 38.3. The first-order valence-corrected chi connectivity index (χ1v) is 5.91. The van der Waals surface area contributed by atoms with Crippen molar-refractivity contribution in [2.75, 3.05) is 13.2 Å². The average Bonchev–Trinajstić information content (AvgIpc) is 2.18. The van der Waals surface area contributed by atoms with Crippen LogP contribution in [-0.2, 0) is 10.0 Å². The Morgan fingerprint density at radius 1 is 1.33 bits per heavy atom. The van der Waals surface area contributed by atoms with Gasteiger partial charge in [-0.1, -0.05) is 12.1 Å². The first-order chi connectivity index (χ1) is 7.08. The third-order valence-corrected chi connectivity index (χ3v) is 3.25. The van der Waals surface area contributed by atoms with E-state index in [4.69, 9.17) is 5.11 Å². The van der Waals surface area contributed by atoms with Gasteiger partial charge in [-0.15, -0.1) is 0 Å². The number of aliphatic hydroxyl groups is 1. The third-order valence-electron chi connectivity index (χ3n) is 1.75. The molecule has 0 saturated carbocycles. The lowest BCUT2D eigenvalue weighted by Crippen LogP contribution is -2.26. The molecule has 0 heterocycles. The molecule has 0 saturated heterocycles. The molecule has 1 rings (SSSR count). The van der Waals surface area contributed by atoms with E-state index >= 15 is 0 Å². The number of sulfonamides is 1. The van der Waals surface area contributed by atoms with Crippen molar-refractivity contribution < 1.29 is 17.9 Å². The molecular weight excluding hydrogens is 221 g/mol. The molecule has 0 bridgehead atoms. The SMILES string of the molecule is O=S(=O)(NCCCO)c1ccccc1F. The molecule has 0 aliphatic carbocycles. The minimum absolute atomic E-state index is 0.0904. The van der Waals surface area contributed by atoms with Crippen LogP contribution in [0.15, 0.2) is 29.2 Å². The van der Waals surface area contributed by atoms with Gasteiger partial charge >= 0.3 is 0 Å². The number of rotatable bonds is 5. The number of nitrogens with one attached hydrogen (secondary N) is 1. The van der Waals surface area contributed by atoms with Gasteiger partial charge in [-0.3, -0.25) is 0 Å². The van der Waals surface area contributed by atoms with E-state index in [0.717, 1.165) is 6.07 Å². The fourth-order valence-electron chi connectivity index (χ4n) is 1.03. The highest BCUT2D eigenvalue weighted by Gasteiger charge is 2.17. The van der Waals surface area contributed by atoms with Gasteiger partial charge in [-0.2, -0.15) is 0 Å². The normalized spacial score (nSPS) is 11.6. The largest absolute Gasteiger partial charge is 0.396 e. The van der Waals surface area contributed by atoms with Gasteiger partial charge in [0.2, 0.25) is 10.0 Å². The Morgan fingerprint density at radius 2 is 2.00 bits per heavy atom. The quantitative estimate of drug-likeness (QED) is 0.727. The Morgan fingerprint density at radius 3 is 2.60 bits per heavy atom. The van der Waals surface area contributed by atoms with Crippen LogP contribution in [0.25, 0.3) is 0 Å². The van der Waals surface area contributed by atoms with Crippen molar-refractivity contribution in [1.29, 1.82) is 0 Å². The van der Waals surface area contributed by atoms with Crippen molar-refractivity contribution >= 4 is 10.0 Å². The molecule has 1 aromatic carbocycles. The van der Waals surface area contributed by atoms with Crippen molar-refractivity contribution in [1.82, 2.24) is 4.72 Å². The number of aliphatic hydroxyl groups excluding tert-OH is 1. The summed E-state index contributed by atoms with van der Waals surface area (Å²) in [5, 5.41) is 8.48. The van der Waals surface area contributed by atoms with Crippen LogP contribution < -0.4 is 4.72 Å². The highest BCUT2D eigenvalue weighted by atomic mass is 32.2. The molecule has 0 aliphatic rings. The number of hydrogen-bond acceptors (Lipinski definition) is 3. The predicted octanol–water partition coefficient (Wildman–Crippen LogP) is 0.486. The molecule has 0 spiro atoms. The van der Waals surface area contributed by atoms with Gasteiger partial charge in [0.1, 0.15) is 10.7 Å². The molecule has 0 radical (unpaired) electrons. The van der Waals surface area contributed by atoms with E-state index in [1.165, 1.54) is 18.2 Å². The summed E-state index contributed by atoms with van der Waals surface area (Å²) in [7, 11) is -3.80. The molecule has 15 heavy (non-hydrogen) atoms. The second-order valence-electron chi connectivity index (χ2n) is 2.91. The molecule has 84 valence electrons. The monoisotopic (exact) mass is 233 g/mol. The lowest BCUT2D eigenvalue weighted by atomic mass is 10.4. The van der Waals surface area contributed by atoms with Crippen LogP contribution in [0, 0.1) is 5.82 Å². The minimum Gasteiger partial charge on any atom is -0.396 e. The zero-order valence-corrected chi connectivity index (χ0v) is 8.80. The van der Waals surface area contributed by atoms with Gasteiger partial charge < -0.3 is 5.11 Å². The first-order valence-electron chi connectivity index (χ1n) is 4.43. The van der Waals surface area contributed by atoms with Crippen LogP contribution in [0.5, 0.6) is 0 Å². The van der Waals surface area contributed by atoms with Gasteiger partial charge in [0.15, 0.2) is 0 Å². The summed E-state index contributed by atoms with van der Waals surface area (Å²) in [4.78, 5) is -0.372. The first kappa shape index (κ1) is 12.1. The summed E-state index contributed by atoms with van der Waals surface area (Å²) >= 11 is 0. The van der Waals surface area contributed by atoms with Crippen molar-refractivity contribution in [3.8, 4) is 0 Å². The summed E-state index contributed by atoms with van der Waals surface area (Å²) in [6, 6.07) is 5.14. The number of halogens is 1. The molecule has 0 unspecified atom stereocenters. The minimum atomic E-state index is -3.80. The molecule has 0 aromatic heterocycles. The molecule has 0 fully saturated rings. The molecule has 0 aliphatic heterocycles. The number of hydrogen-bond donors (Lipinski definition) is 2.